The fraction of sp³-hybridized carbons (Fsp3) is 0.235. The Balaban J connectivity index is 1.81. The van der Waals surface area contributed by atoms with Gasteiger partial charge in [0.25, 0.3) is 11.6 Å². The molecule has 1 amide bonds. The number of benzene rings is 2. The first-order chi connectivity index (χ1) is 12.0. The number of anilines is 1. The van der Waals surface area contributed by atoms with Crippen LogP contribution in [0, 0.1) is 15.9 Å². The Morgan fingerprint density at radius 2 is 1.96 bits per heavy atom. The summed E-state index contributed by atoms with van der Waals surface area (Å²) in [6.45, 7) is 0.453. The molecule has 0 saturated carbocycles. The van der Waals surface area contributed by atoms with Crippen molar-refractivity contribution < 1.29 is 14.1 Å². The predicted octanol–water partition coefficient (Wildman–Crippen LogP) is 3.69. The van der Waals surface area contributed by atoms with Crippen LogP contribution in [0.2, 0.25) is 0 Å². The van der Waals surface area contributed by atoms with Gasteiger partial charge in [0.05, 0.1) is 4.92 Å². The number of carbonyl (C=O) groups excluding carboxylic acids is 1. The van der Waals surface area contributed by atoms with Gasteiger partial charge < -0.3 is 10.6 Å². The van der Waals surface area contributed by atoms with Crippen LogP contribution in [0.15, 0.2) is 47.4 Å². The molecule has 2 rings (SSSR count). The normalized spacial score (nSPS) is 10.3. The van der Waals surface area contributed by atoms with Crippen molar-refractivity contribution in [1.82, 2.24) is 5.32 Å². The second-order valence-electron chi connectivity index (χ2n) is 5.15. The molecule has 2 aromatic rings. The first kappa shape index (κ1) is 18.7. The van der Waals surface area contributed by atoms with Crippen LogP contribution < -0.4 is 10.6 Å². The summed E-state index contributed by atoms with van der Waals surface area (Å²) in [6, 6.07) is 10.5. The quantitative estimate of drug-likeness (QED) is 0.323. The Kier molecular flexibility index (Phi) is 6.76. The molecule has 132 valence electrons. The topological polar surface area (TPSA) is 84.3 Å². The number of halogens is 1. The van der Waals surface area contributed by atoms with Gasteiger partial charge >= 0.3 is 0 Å². The molecule has 6 nitrogen and oxygen atoms in total. The van der Waals surface area contributed by atoms with E-state index in [4.69, 9.17) is 0 Å². The minimum Gasteiger partial charge on any atom is -0.383 e. The van der Waals surface area contributed by atoms with Crippen molar-refractivity contribution in [2.45, 2.75) is 11.3 Å². The van der Waals surface area contributed by atoms with Gasteiger partial charge in [0.1, 0.15) is 11.5 Å². The Morgan fingerprint density at radius 1 is 1.24 bits per heavy atom. The maximum Gasteiger partial charge on any atom is 0.293 e. The summed E-state index contributed by atoms with van der Waals surface area (Å²) in [6.07, 6.45) is 0.727. The van der Waals surface area contributed by atoms with E-state index in [1.54, 1.807) is 37.0 Å². The Bertz CT molecular complexity index is 753. The van der Waals surface area contributed by atoms with E-state index in [1.807, 2.05) is 0 Å². The van der Waals surface area contributed by atoms with Crippen molar-refractivity contribution in [2.24, 2.45) is 0 Å². The highest BCUT2D eigenvalue weighted by atomic mass is 32.2. The van der Waals surface area contributed by atoms with Crippen LogP contribution in [0.3, 0.4) is 0 Å². The third kappa shape index (κ3) is 5.46. The van der Waals surface area contributed by atoms with Gasteiger partial charge in [0.15, 0.2) is 0 Å². The van der Waals surface area contributed by atoms with Gasteiger partial charge in [-0.3, -0.25) is 14.9 Å². The van der Waals surface area contributed by atoms with Crippen LogP contribution in [0.25, 0.3) is 0 Å². The molecule has 0 aliphatic heterocycles. The molecular weight excluding hydrogens is 345 g/mol. The molecule has 0 aliphatic rings. The highest BCUT2D eigenvalue weighted by Crippen LogP contribution is 2.25. The molecule has 0 atom stereocenters. The van der Waals surface area contributed by atoms with Crippen LogP contribution in [0.4, 0.5) is 15.8 Å². The summed E-state index contributed by atoms with van der Waals surface area (Å²) < 4.78 is 12.8. The Morgan fingerprint density at radius 3 is 2.60 bits per heavy atom. The molecule has 0 radical (unpaired) electrons. The largest absolute Gasteiger partial charge is 0.383 e. The zero-order chi connectivity index (χ0) is 18.2. The smallest absolute Gasteiger partial charge is 0.293 e. The number of nitrogens with one attached hydrogen (secondary N) is 2. The van der Waals surface area contributed by atoms with Crippen molar-refractivity contribution in [3.8, 4) is 0 Å². The van der Waals surface area contributed by atoms with Crippen LogP contribution >= 0.6 is 11.8 Å². The lowest BCUT2D eigenvalue weighted by Crippen LogP contribution is -2.24. The van der Waals surface area contributed by atoms with E-state index in [0.29, 0.717) is 12.2 Å². The maximum atomic E-state index is 12.8. The zero-order valence-corrected chi connectivity index (χ0v) is 14.4. The molecule has 0 fully saturated rings. The third-order valence-corrected chi connectivity index (χ3v) is 4.51. The van der Waals surface area contributed by atoms with Gasteiger partial charge in [-0.2, -0.15) is 0 Å². The standard InChI is InChI=1S/C17H18FN3O3S/c1-19-15-8-3-12(11-16(15)21(23)24)17(22)20-9-2-10-25-14-6-4-13(18)5-7-14/h3-8,11,19H,2,9-10H2,1H3,(H,20,22). The van der Waals surface area contributed by atoms with Crippen molar-refractivity contribution in [1.29, 1.82) is 0 Å². The summed E-state index contributed by atoms with van der Waals surface area (Å²) in [5.74, 6) is 0.151. The summed E-state index contributed by atoms with van der Waals surface area (Å²) in [5, 5.41) is 16.5. The van der Waals surface area contributed by atoms with E-state index in [9.17, 15) is 19.3 Å². The van der Waals surface area contributed by atoms with Gasteiger partial charge in [0, 0.05) is 30.1 Å². The highest BCUT2D eigenvalue weighted by molar-refractivity contribution is 7.99. The Labute approximate surface area is 149 Å². The number of thioether (sulfide) groups is 1. The van der Waals surface area contributed by atoms with Crippen LogP contribution in [0.5, 0.6) is 0 Å². The van der Waals surface area contributed by atoms with Gasteiger partial charge in [-0.05, 0) is 48.6 Å². The average molecular weight is 363 g/mol. The molecule has 0 aromatic heterocycles. The minimum atomic E-state index is -0.526. The SMILES string of the molecule is CNc1ccc(C(=O)NCCCSc2ccc(F)cc2)cc1[N+](=O)[O-]. The minimum absolute atomic E-state index is 0.137. The first-order valence-electron chi connectivity index (χ1n) is 7.64. The maximum absolute atomic E-state index is 12.8. The van der Waals surface area contributed by atoms with Gasteiger partial charge in [0.2, 0.25) is 0 Å². The molecule has 2 aromatic carbocycles. The second kappa shape index (κ2) is 9.03. The second-order valence-corrected chi connectivity index (χ2v) is 6.32. The molecule has 0 heterocycles. The molecule has 25 heavy (non-hydrogen) atoms. The lowest BCUT2D eigenvalue weighted by molar-refractivity contribution is -0.384. The number of nitro groups is 1. The Hall–Kier alpha value is -2.61. The van der Waals surface area contributed by atoms with Gasteiger partial charge in [-0.25, -0.2) is 4.39 Å². The third-order valence-electron chi connectivity index (χ3n) is 3.41. The van der Waals surface area contributed by atoms with E-state index >= 15 is 0 Å². The monoisotopic (exact) mass is 363 g/mol. The molecule has 2 N–H and O–H groups in total. The van der Waals surface area contributed by atoms with E-state index in [-0.39, 0.29) is 23.0 Å². The number of hydrogen-bond acceptors (Lipinski definition) is 5. The van der Waals surface area contributed by atoms with Crippen LogP contribution in [0.1, 0.15) is 16.8 Å². The van der Waals surface area contributed by atoms with Crippen LogP contribution in [-0.4, -0.2) is 30.2 Å². The number of carbonyl (C=O) groups is 1. The molecule has 0 spiro atoms. The lowest BCUT2D eigenvalue weighted by Gasteiger charge is -2.07. The highest BCUT2D eigenvalue weighted by Gasteiger charge is 2.16. The van der Waals surface area contributed by atoms with E-state index in [0.717, 1.165) is 17.1 Å². The molecule has 8 heteroatoms. The average Bonchev–Trinajstić information content (AvgIpc) is 2.62. The molecule has 0 aliphatic carbocycles. The van der Waals surface area contributed by atoms with Crippen molar-refractivity contribution >= 4 is 29.0 Å². The summed E-state index contributed by atoms with van der Waals surface area (Å²) in [7, 11) is 1.58. The zero-order valence-electron chi connectivity index (χ0n) is 13.6. The molecular formula is C17H18FN3O3S. The summed E-state index contributed by atoms with van der Waals surface area (Å²) in [5.41, 5.74) is 0.469. The number of rotatable bonds is 8. The number of hydrogen-bond donors (Lipinski definition) is 2. The van der Waals surface area contributed by atoms with E-state index in [1.165, 1.54) is 24.3 Å². The van der Waals surface area contributed by atoms with E-state index in [2.05, 4.69) is 10.6 Å². The summed E-state index contributed by atoms with van der Waals surface area (Å²) >= 11 is 1.57. The van der Waals surface area contributed by atoms with Crippen molar-refractivity contribution in [3.05, 3.63) is 64.0 Å². The summed E-state index contributed by atoms with van der Waals surface area (Å²) in [4.78, 5) is 23.5. The fourth-order valence-corrected chi connectivity index (χ4v) is 2.99. The van der Waals surface area contributed by atoms with Crippen molar-refractivity contribution in [3.63, 3.8) is 0 Å². The van der Waals surface area contributed by atoms with Crippen LogP contribution in [-0.2, 0) is 0 Å². The number of nitro benzene ring substituents is 1. The predicted molar refractivity (Wildman–Crippen MR) is 96.7 cm³/mol. The van der Waals surface area contributed by atoms with Gasteiger partial charge in [-0.1, -0.05) is 0 Å². The fourth-order valence-electron chi connectivity index (χ4n) is 2.13. The lowest BCUT2D eigenvalue weighted by atomic mass is 10.1. The molecule has 0 saturated heterocycles. The molecule has 0 bridgehead atoms. The van der Waals surface area contributed by atoms with Crippen molar-refractivity contribution in [2.75, 3.05) is 24.7 Å². The molecule has 0 unspecified atom stereocenters. The van der Waals surface area contributed by atoms with Gasteiger partial charge in [-0.15, -0.1) is 11.8 Å². The number of nitrogens with zero attached hydrogens (tertiary/aromatic N) is 1. The first-order valence-corrected chi connectivity index (χ1v) is 8.62. The number of amides is 1. The van der Waals surface area contributed by atoms with E-state index < -0.39 is 4.92 Å².